The van der Waals surface area contributed by atoms with Crippen molar-refractivity contribution in [3.63, 3.8) is 0 Å². The Morgan fingerprint density at radius 1 is 1.11 bits per heavy atom. The highest BCUT2D eigenvalue weighted by Gasteiger charge is 2.46. The number of carbonyl (C=O) groups is 2. The number of anilines is 1. The summed E-state index contributed by atoms with van der Waals surface area (Å²) >= 11 is 6.48. The SMILES string of the molecule is Cc1ccc(-c2ccc(C[C@H](NC(=O)c3c(F)cc(N4CCOCC4C(F)(F)F)cc3F)C(=O)O)c3cccnc23)c(Cl)c1. The predicted octanol–water partition coefficient (Wildman–Crippen LogP) is 6.34. The number of hydrogen-bond acceptors (Lipinski definition) is 5. The van der Waals surface area contributed by atoms with Crippen molar-refractivity contribution in [2.24, 2.45) is 0 Å². The molecule has 2 N–H and O–H groups in total. The number of carboxylic acids is 1. The van der Waals surface area contributed by atoms with Crippen molar-refractivity contribution in [2.45, 2.75) is 31.6 Å². The first-order chi connectivity index (χ1) is 20.8. The molecule has 1 saturated heterocycles. The molecule has 5 rings (SSSR count). The molecule has 1 fully saturated rings. The van der Waals surface area contributed by atoms with Crippen molar-refractivity contribution in [1.82, 2.24) is 10.3 Å². The molecule has 1 amide bonds. The van der Waals surface area contributed by atoms with E-state index in [1.54, 1.807) is 36.5 Å². The average molecular weight is 634 g/mol. The molecule has 0 spiro atoms. The number of nitrogens with zero attached hydrogens (tertiary/aromatic N) is 2. The van der Waals surface area contributed by atoms with Gasteiger partial charge in [-0.05, 0) is 42.3 Å². The Labute approximate surface area is 253 Å². The summed E-state index contributed by atoms with van der Waals surface area (Å²) in [6, 6.07) is 9.78. The van der Waals surface area contributed by atoms with Gasteiger partial charge >= 0.3 is 12.1 Å². The molecular weight excluding hydrogens is 609 g/mol. The van der Waals surface area contributed by atoms with Crippen molar-refractivity contribution in [1.29, 1.82) is 0 Å². The highest BCUT2D eigenvalue weighted by atomic mass is 35.5. The van der Waals surface area contributed by atoms with Crippen LogP contribution in [0.4, 0.5) is 27.6 Å². The van der Waals surface area contributed by atoms with Gasteiger partial charge in [0.25, 0.3) is 5.91 Å². The van der Waals surface area contributed by atoms with Crippen LogP contribution >= 0.6 is 11.6 Å². The quantitative estimate of drug-likeness (QED) is 0.231. The van der Waals surface area contributed by atoms with Crippen molar-refractivity contribution < 1.29 is 41.4 Å². The number of hydrogen-bond donors (Lipinski definition) is 2. The zero-order valence-electron chi connectivity index (χ0n) is 23.1. The van der Waals surface area contributed by atoms with Crippen LogP contribution in [0.2, 0.25) is 5.02 Å². The molecule has 4 aromatic rings. The van der Waals surface area contributed by atoms with Gasteiger partial charge in [-0.25, -0.2) is 13.6 Å². The van der Waals surface area contributed by atoms with E-state index < -0.39 is 59.6 Å². The van der Waals surface area contributed by atoms with Crippen LogP contribution in [0, 0.1) is 18.6 Å². The van der Waals surface area contributed by atoms with Crippen molar-refractivity contribution in [3.05, 3.63) is 94.1 Å². The average Bonchev–Trinajstić information content (AvgIpc) is 2.96. The van der Waals surface area contributed by atoms with E-state index in [0.29, 0.717) is 44.7 Å². The summed E-state index contributed by atoms with van der Waals surface area (Å²) in [5, 5.41) is 13.1. The van der Waals surface area contributed by atoms with Crippen LogP contribution in [0.15, 0.2) is 60.8 Å². The Morgan fingerprint density at radius 2 is 1.82 bits per heavy atom. The number of carbonyl (C=O) groups excluding carboxylic acids is 1. The first-order valence-electron chi connectivity index (χ1n) is 13.4. The van der Waals surface area contributed by atoms with Gasteiger partial charge in [-0.3, -0.25) is 9.78 Å². The number of fused-ring (bicyclic) bond motifs is 1. The van der Waals surface area contributed by atoms with Crippen LogP contribution in [0.25, 0.3) is 22.0 Å². The smallest absolute Gasteiger partial charge is 0.411 e. The molecule has 3 aromatic carbocycles. The Bertz CT molecular complexity index is 1730. The number of carboxylic acid groups (broad SMARTS) is 1. The van der Waals surface area contributed by atoms with Crippen LogP contribution in [0.3, 0.4) is 0 Å². The number of benzene rings is 3. The summed E-state index contributed by atoms with van der Waals surface area (Å²) in [7, 11) is 0. The maximum absolute atomic E-state index is 15.1. The fraction of sp³-hybridized carbons (Fsp3) is 0.258. The van der Waals surface area contributed by atoms with Crippen LogP contribution in [-0.2, 0) is 16.0 Å². The lowest BCUT2D eigenvalue weighted by molar-refractivity contribution is -0.167. The molecule has 2 atom stereocenters. The number of aromatic nitrogens is 1. The summed E-state index contributed by atoms with van der Waals surface area (Å²) in [5.74, 6) is -5.73. The van der Waals surface area contributed by atoms with Gasteiger partial charge in [-0.2, -0.15) is 13.2 Å². The molecule has 1 aliphatic rings. The fourth-order valence-electron chi connectivity index (χ4n) is 5.24. The number of nitrogens with one attached hydrogen (secondary N) is 1. The van der Waals surface area contributed by atoms with Crippen molar-refractivity contribution >= 4 is 40.1 Å². The first kappa shape index (κ1) is 31.1. The summed E-state index contributed by atoms with van der Waals surface area (Å²) in [6.45, 7) is 0.794. The van der Waals surface area contributed by atoms with Gasteiger partial charge < -0.3 is 20.1 Å². The second-order valence-corrected chi connectivity index (χ2v) is 10.7. The fourth-order valence-corrected chi connectivity index (χ4v) is 5.58. The standard InChI is InChI=1S/C31H25ClF5N3O4/c1-16-4-6-20(22(32)11-16)21-7-5-17(19-3-2-8-38-28(19)21)12-25(30(42)43)39-29(41)27-23(33)13-18(14-24(27)34)40-9-10-44-15-26(40)31(35,36)37/h2-8,11,13-14,25-26H,9-10,12,15H2,1H3,(H,39,41)(H,42,43)/t25-,26?/m0/s1. The van der Waals surface area contributed by atoms with E-state index in [1.165, 1.54) is 0 Å². The summed E-state index contributed by atoms with van der Waals surface area (Å²) in [4.78, 5) is 30.4. The number of rotatable bonds is 7. The van der Waals surface area contributed by atoms with E-state index in [2.05, 4.69) is 10.3 Å². The molecule has 0 aliphatic carbocycles. The maximum Gasteiger partial charge on any atom is 0.411 e. The van der Waals surface area contributed by atoms with Crippen LogP contribution in [-0.4, -0.2) is 60.0 Å². The number of amides is 1. The van der Waals surface area contributed by atoms with E-state index in [9.17, 15) is 27.9 Å². The third kappa shape index (κ3) is 6.31. The normalized spacial score (nSPS) is 16.2. The zero-order chi connectivity index (χ0) is 31.8. The van der Waals surface area contributed by atoms with Gasteiger partial charge in [0.2, 0.25) is 0 Å². The number of morpholine rings is 1. The first-order valence-corrected chi connectivity index (χ1v) is 13.8. The zero-order valence-corrected chi connectivity index (χ0v) is 23.8. The number of aliphatic carboxylic acids is 1. The van der Waals surface area contributed by atoms with Gasteiger partial charge in [0.1, 0.15) is 29.3 Å². The Balaban J connectivity index is 1.42. The minimum absolute atomic E-state index is 0.0956. The Kier molecular flexibility index (Phi) is 8.76. The van der Waals surface area contributed by atoms with E-state index in [4.69, 9.17) is 16.3 Å². The molecule has 1 aromatic heterocycles. The van der Waals surface area contributed by atoms with Crippen LogP contribution < -0.4 is 10.2 Å². The largest absolute Gasteiger partial charge is 0.480 e. The van der Waals surface area contributed by atoms with Crippen molar-refractivity contribution in [2.75, 3.05) is 24.7 Å². The van der Waals surface area contributed by atoms with E-state index in [1.807, 2.05) is 19.1 Å². The monoisotopic (exact) mass is 633 g/mol. The molecular formula is C31H25ClF5N3O4. The van der Waals surface area contributed by atoms with Crippen LogP contribution in [0.5, 0.6) is 0 Å². The summed E-state index contributed by atoms with van der Waals surface area (Å²) in [5.41, 5.74) is 1.83. The number of halogens is 6. The molecule has 1 aliphatic heterocycles. The third-order valence-corrected chi connectivity index (χ3v) is 7.71. The van der Waals surface area contributed by atoms with Crippen LogP contribution in [0.1, 0.15) is 21.5 Å². The van der Waals surface area contributed by atoms with E-state index in [0.717, 1.165) is 10.5 Å². The van der Waals surface area contributed by atoms with Gasteiger partial charge in [0.15, 0.2) is 0 Å². The lowest BCUT2D eigenvalue weighted by Gasteiger charge is -2.38. The van der Waals surface area contributed by atoms with E-state index in [-0.39, 0.29) is 19.6 Å². The number of ether oxygens (including phenoxy) is 1. The number of pyridine rings is 1. The highest BCUT2D eigenvalue weighted by molar-refractivity contribution is 6.33. The van der Waals surface area contributed by atoms with Crippen molar-refractivity contribution in [3.8, 4) is 11.1 Å². The molecule has 44 heavy (non-hydrogen) atoms. The van der Waals surface area contributed by atoms with Gasteiger partial charge in [0.05, 0.1) is 18.7 Å². The molecule has 0 radical (unpaired) electrons. The molecule has 13 heteroatoms. The summed E-state index contributed by atoms with van der Waals surface area (Å²) in [6.07, 6.45) is -3.44. The second-order valence-electron chi connectivity index (χ2n) is 10.3. The molecule has 0 saturated carbocycles. The molecule has 230 valence electrons. The lowest BCUT2D eigenvalue weighted by Crippen LogP contribution is -2.53. The number of aryl methyl sites for hydroxylation is 1. The molecule has 0 bridgehead atoms. The number of alkyl halides is 3. The predicted molar refractivity (Wildman–Crippen MR) is 154 cm³/mol. The Morgan fingerprint density at radius 3 is 2.48 bits per heavy atom. The van der Waals surface area contributed by atoms with Gasteiger partial charge in [-0.15, -0.1) is 0 Å². The third-order valence-electron chi connectivity index (χ3n) is 7.39. The Hall–Kier alpha value is -4.29. The lowest BCUT2D eigenvalue weighted by atomic mass is 9.94. The van der Waals surface area contributed by atoms with E-state index >= 15 is 8.78 Å². The molecule has 1 unspecified atom stereocenters. The molecule has 7 nitrogen and oxygen atoms in total. The molecule has 2 heterocycles. The minimum Gasteiger partial charge on any atom is -0.480 e. The summed E-state index contributed by atoms with van der Waals surface area (Å²) < 4.78 is 75.5. The maximum atomic E-state index is 15.1. The van der Waals surface area contributed by atoms with Gasteiger partial charge in [-0.1, -0.05) is 41.9 Å². The van der Waals surface area contributed by atoms with Gasteiger partial charge in [0, 0.05) is 46.4 Å². The second kappa shape index (κ2) is 12.4. The topological polar surface area (TPSA) is 91.8 Å². The highest BCUT2D eigenvalue weighted by Crippen LogP contribution is 2.35. The minimum atomic E-state index is -4.73.